The Morgan fingerprint density at radius 2 is 2.12 bits per heavy atom. The first-order valence-electron chi connectivity index (χ1n) is 6.19. The van der Waals surface area contributed by atoms with Gasteiger partial charge in [0.2, 0.25) is 0 Å². The van der Waals surface area contributed by atoms with E-state index in [0.717, 1.165) is 32.7 Å². The van der Waals surface area contributed by atoms with Gasteiger partial charge >= 0.3 is 0 Å². The molecule has 1 unspecified atom stereocenters. The summed E-state index contributed by atoms with van der Waals surface area (Å²) in [5.41, 5.74) is 6.12. The van der Waals surface area contributed by atoms with Crippen molar-refractivity contribution >= 4 is 0 Å². The van der Waals surface area contributed by atoms with Gasteiger partial charge < -0.3 is 20.1 Å². The van der Waals surface area contributed by atoms with E-state index in [1.807, 2.05) is 0 Å². The molecule has 96 valence electrons. The van der Waals surface area contributed by atoms with Crippen LogP contribution in [0.15, 0.2) is 0 Å². The van der Waals surface area contributed by atoms with Crippen molar-refractivity contribution in [3.8, 4) is 0 Å². The molecule has 0 aromatic heterocycles. The number of likely N-dealkylation sites (tertiary alicyclic amines) is 1. The van der Waals surface area contributed by atoms with Crippen molar-refractivity contribution in [3.63, 3.8) is 0 Å². The highest BCUT2D eigenvalue weighted by Gasteiger charge is 2.31. The van der Waals surface area contributed by atoms with Crippen LogP contribution in [0.4, 0.5) is 0 Å². The number of methoxy groups -OCH3 is 1. The average molecular weight is 230 g/mol. The van der Waals surface area contributed by atoms with Crippen LogP contribution in [-0.4, -0.2) is 58.0 Å². The van der Waals surface area contributed by atoms with E-state index in [9.17, 15) is 0 Å². The minimum atomic E-state index is 0.344. The van der Waals surface area contributed by atoms with Crippen molar-refractivity contribution in [2.45, 2.75) is 19.8 Å². The van der Waals surface area contributed by atoms with Crippen molar-refractivity contribution < 1.29 is 9.47 Å². The highest BCUT2D eigenvalue weighted by Crippen LogP contribution is 2.28. The van der Waals surface area contributed by atoms with E-state index in [1.165, 1.54) is 13.0 Å². The lowest BCUT2D eigenvalue weighted by Crippen LogP contribution is -2.32. The molecule has 1 heterocycles. The smallest absolute Gasteiger partial charge is 0.0700 e. The molecular formula is C12H26N2O2. The Morgan fingerprint density at radius 3 is 2.75 bits per heavy atom. The van der Waals surface area contributed by atoms with Crippen LogP contribution in [0.2, 0.25) is 0 Å². The molecular weight excluding hydrogens is 204 g/mol. The predicted molar refractivity (Wildman–Crippen MR) is 65.5 cm³/mol. The molecule has 16 heavy (non-hydrogen) atoms. The van der Waals surface area contributed by atoms with Gasteiger partial charge in [-0.15, -0.1) is 0 Å². The summed E-state index contributed by atoms with van der Waals surface area (Å²) in [5.74, 6) is 0. The van der Waals surface area contributed by atoms with Gasteiger partial charge in [0.25, 0.3) is 0 Å². The van der Waals surface area contributed by atoms with Crippen LogP contribution in [0, 0.1) is 5.41 Å². The number of nitrogens with two attached hydrogens (primary N) is 1. The highest BCUT2D eigenvalue weighted by molar-refractivity contribution is 4.86. The Labute approximate surface area is 99.1 Å². The van der Waals surface area contributed by atoms with E-state index in [4.69, 9.17) is 15.2 Å². The molecule has 1 aliphatic heterocycles. The number of hydrogen-bond acceptors (Lipinski definition) is 4. The van der Waals surface area contributed by atoms with Crippen molar-refractivity contribution in [2.24, 2.45) is 11.1 Å². The normalized spacial score (nSPS) is 26.4. The van der Waals surface area contributed by atoms with E-state index in [0.29, 0.717) is 18.6 Å². The van der Waals surface area contributed by atoms with E-state index in [2.05, 4.69) is 11.8 Å². The van der Waals surface area contributed by atoms with E-state index >= 15 is 0 Å². The molecule has 1 atom stereocenters. The molecule has 1 aliphatic rings. The molecule has 2 N–H and O–H groups in total. The van der Waals surface area contributed by atoms with Gasteiger partial charge in [-0.1, -0.05) is 6.92 Å². The molecule has 0 spiro atoms. The van der Waals surface area contributed by atoms with Crippen molar-refractivity contribution in [1.82, 2.24) is 4.90 Å². The monoisotopic (exact) mass is 230 g/mol. The lowest BCUT2D eigenvalue weighted by Gasteiger charge is -2.22. The van der Waals surface area contributed by atoms with Gasteiger partial charge in [0.15, 0.2) is 0 Å². The highest BCUT2D eigenvalue weighted by atomic mass is 16.5. The first kappa shape index (κ1) is 13.9. The number of hydrogen-bond donors (Lipinski definition) is 1. The number of ether oxygens (including phenoxy) is 2. The molecule has 0 aromatic carbocycles. The zero-order chi connectivity index (χ0) is 11.9. The van der Waals surface area contributed by atoms with Crippen LogP contribution < -0.4 is 5.73 Å². The topological polar surface area (TPSA) is 47.7 Å². The van der Waals surface area contributed by atoms with Gasteiger partial charge in [0, 0.05) is 26.8 Å². The molecule has 1 saturated heterocycles. The molecule has 4 nitrogen and oxygen atoms in total. The van der Waals surface area contributed by atoms with Gasteiger partial charge in [0.1, 0.15) is 0 Å². The maximum Gasteiger partial charge on any atom is 0.0700 e. The zero-order valence-corrected chi connectivity index (χ0v) is 10.7. The summed E-state index contributed by atoms with van der Waals surface area (Å²) < 4.78 is 10.4. The summed E-state index contributed by atoms with van der Waals surface area (Å²) in [6, 6.07) is 0. The van der Waals surface area contributed by atoms with Gasteiger partial charge in [0.05, 0.1) is 13.2 Å². The number of nitrogens with zero attached hydrogens (tertiary/aromatic N) is 1. The van der Waals surface area contributed by atoms with Crippen LogP contribution in [-0.2, 0) is 9.47 Å². The lowest BCUT2D eigenvalue weighted by atomic mass is 9.90. The summed E-state index contributed by atoms with van der Waals surface area (Å²) in [5, 5.41) is 0. The molecule has 0 bridgehead atoms. The second-order valence-corrected chi connectivity index (χ2v) is 5.00. The fourth-order valence-corrected chi connectivity index (χ4v) is 2.12. The molecule has 1 rings (SSSR count). The fourth-order valence-electron chi connectivity index (χ4n) is 2.12. The minimum Gasteiger partial charge on any atom is -0.382 e. The third-order valence-electron chi connectivity index (χ3n) is 3.32. The molecule has 0 radical (unpaired) electrons. The van der Waals surface area contributed by atoms with Crippen LogP contribution >= 0.6 is 0 Å². The second kappa shape index (κ2) is 7.22. The summed E-state index contributed by atoms with van der Waals surface area (Å²) in [6.07, 6.45) is 2.33. The average Bonchev–Trinajstić information content (AvgIpc) is 2.66. The van der Waals surface area contributed by atoms with Crippen molar-refractivity contribution in [1.29, 1.82) is 0 Å². The van der Waals surface area contributed by atoms with Gasteiger partial charge in [-0.2, -0.15) is 0 Å². The molecule has 0 amide bonds. The maximum atomic E-state index is 5.77. The Bertz CT molecular complexity index is 190. The predicted octanol–water partition coefficient (Wildman–Crippen LogP) is 0.710. The van der Waals surface area contributed by atoms with E-state index in [1.54, 1.807) is 7.11 Å². The summed E-state index contributed by atoms with van der Waals surface area (Å²) in [4.78, 5) is 2.49. The largest absolute Gasteiger partial charge is 0.382 e. The summed E-state index contributed by atoms with van der Waals surface area (Å²) >= 11 is 0. The van der Waals surface area contributed by atoms with Crippen LogP contribution in [0.1, 0.15) is 19.8 Å². The quantitative estimate of drug-likeness (QED) is 0.624. The third-order valence-corrected chi connectivity index (χ3v) is 3.32. The van der Waals surface area contributed by atoms with Gasteiger partial charge in [-0.05, 0) is 31.3 Å². The third kappa shape index (κ3) is 4.78. The minimum absolute atomic E-state index is 0.344. The Morgan fingerprint density at radius 1 is 1.31 bits per heavy atom. The standard InChI is InChI=1S/C12H26N2O2/c1-12(10-13)4-6-14(11-12)5-3-7-16-9-8-15-2/h3-11,13H2,1-2H3. The summed E-state index contributed by atoms with van der Waals surface area (Å²) in [7, 11) is 1.70. The van der Waals surface area contributed by atoms with Crippen molar-refractivity contribution in [3.05, 3.63) is 0 Å². The zero-order valence-electron chi connectivity index (χ0n) is 10.7. The lowest BCUT2D eigenvalue weighted by molar-refractivity contribution is 0.0658. The van der Waals surface area contributed by atoms with Crippen LogP contribution in [0.3, 0.4) is 0 Å². The Kier molecular flexibility index (Phi) is 6.28. The Balaban J connectivity index is 1.98. The molecule has 0 aromatic rings. The van der Waals surface area contributed by atoms with Gasteiger partial charge in [-0.3, -0.25) is 0 Å². The van der Waals surface area contributed by atoms with Crippen LogP contribution in [0.25, 0.3) is 0 Å². The molecule has 1 fully saturated rings. The van der Waals surface area contributed by atoms with E-state index < -0.39 is 0 Å². The Hall–Kier alpha value is -0.160. The SMILES string of the molecule is COCCOCCCN1CCC(C)(CN)C1. The molecule has 4 heteroatoms. The van der Waals surface area contributed by atoms with E-state index in [-0.39, 0.29) is 0 Å². The first-order valence-corrected chi connectivity index (χ1v) is 6.19. The van der Waals surface area contributed by atoms with Crippen LogP contribution in [0.5, 0.6) is 0 Å². The first-order chi connectivity index (χ1) is 7.70. The fraction of sp³-hybridized carbons (Fsp3) is 1.00. The molecule has 0 saturated carbocycles. The maximum absolute atomic E-state index is 5.77. The van der Waals surface area contributed by atoms with Gasteiger partial charge in [-0.25, -0.2) is 0 Å². The number of rotatable bonds is 8. The summed E-state index contributed by atoms with van der Waals surface area (Å²) in [6.45, 7) is 8.76. The molecule has 0 aliphatic carbocycles. The second-order valence-electron chi connectivity index (χ2n) is 5.00. The van der Waals surface area contributed by atoms with Crippen molar-refractivity contribution in [2.75, 3.05) is 53.1 Å².